The molecule has 0 atom stereocenters. The zero-order chi connectivity index (χ0) is 14.0. The number of hydrogen-bond acceptors (Lipinski definition) is 3. The number of hydrogen-bond donors (Lipinski definition) is 0. The zero-order valence-electron chi connectivity index (χ0n) is 10.2. The van der Waals surface area contributed by atoms with Gasteiger partial charge in [0, 0.05) is 6.07 Å². The third-order valence-corrected chi connectivity index (χ3v) is 2.68. The zero-order valence-corrected chi connectivity index (χ0v) is 10.2. The van der Waals surface area contributed by atoms with Gasteiger partial charge in [0.25, 0.3) is 0 Å². The molecule has 1 heterocycles. The van der Waals surface area contributed by atoms with Crippen molar-refractivity contribution in [3.8, 4) is 11.5 Å². The number of nitrogens with zero attached hydrogens (tertiary/aromatic N) is 1. The van der Waals surface area contributed by atoms with Crippen molar-refractivity contribution in [1.82, 2.24) is 0 Å². The molecule has 0 unspecified atom stereocenters. The van der Waals surface area contributed by atoms with Crippen LogP contribution in [0.25, 0.3) is 0 Å². The van der Waals surface area contributed by atoms with E-state index in [0.717, 1.165) is 4.90 Å². The van der Waals surface area contributed by atoms with Crippen molar-refractivity contribution < 1.29 is 27.4 Å². The van der Waals surface area contributed by atoms with Crippen molar-refractivity contribution in [2.45, 2.75) is 12.6 Å². The fourth-order valence-electron chi connectivity index (χ4n) is 1.85. The molecule has 1 aliphatic rings. The minimum atomic E-state index is -4.51. The van der Waals surface area contributed by atoms with Crippen molar-refractivity contribution in [3.05, 3.63) is 18.2 Å². The molecule has 0 fully saturated rings. The highest BCUT2D eigenvalue weighted by molar-refractivity contribution is 5.95. The molecule has 7 heteroatoms. The van der Waals surface area contributed by atoms with E-state index in [9.17, 15) is 18.0 Å². The molecule has 2 rings (SSSR count). The quantitative estimate of drug-likeness (QED) is 0.831. The molecule has 0 radical (unpaired) electrons. The summed E-state index contributed by atoms with van der Waals surface area (Å²) >= 11 is 0. The molecule has 1 aromatic carbocycles. The van der Waals surface area contributed by atoms with Crippen LogP contribution in [0.5, 0.6) is 11.5 Å². The maximum absolute atomic E-state index is 12.3. The maximum Gasteiger partial charge on any atom is 0.397 e. The number of anilines is 1. The summed E-state index contributed by atoms with van der Waals surface area (Å²) < 4.78 is 47.1. The van der Waals surface area contributed by atoms with Gasteiger partial charge in [0.2, 0.25) is 5.91 Å². The Hall–Kier alpha value is -1.92. The Balaban J connectivity index is 2.25. The lowest BCUT2D eigenvalue weighted by Gasteiger charge is -2.30. The highest BCUT2D eigenvalue weighted by Crippen LogP contribution is 2.36. The van der Waals surface area contributed by atoms with Crippen LogP contribution in [0.3, 0.4) is 0 Å². The lowest BCUT2D eigenvalue weighted by atomic mass is 10.2. The number of fused-ring (bicyclic) bond motifs is 1. The van der Waals surface area contributed by atoms with Crippen LogP contribution in [0.15, 0.2) is 18.2 Å². The number of benzene rings is 1. The number of carbonyl (C=O) groups is 1. The van der Waals surface area contributed by atoms with Gasteiger partial charge >= 0.3 is 6.18 Å². The first-order chi connectivity index (χ1) is 8.90. The minimum Gasteiger partial charge on any atom is -0.497 e. The highest BCUT2D eigenvalue weighted by atomic mass is 19.4. The molecule has 4 nitrogen and oxygen atoms in total. The molecule has 0 saturated carbocycles. The number of rotatable bonds is 2. The van der Waals surface area contributed by atoms with Crippen molar-refractivity contribution in [2.75, 3.05) is 25.2 Å². The summed E-state index contributed by atoms with van der Waals surface area (Å²) in [6, 6.07) is 4.63. The molecular weight excluding hydrogens is 263 g/mol. The Morgan fingerprint density at radius 2 is 2.21 bits per heavy atom. The van der Waals surface area contributed by atoms with Gasteiger partial charge in [0.1, 0.15) is 24.5 Å². The second-order valence-corrected chi connectivity index (χ2v) is 4.02. The van der Waals surface area contributed by atoms with Crippen molar-refractivity contribution >= 4 is 11.6 Å². The molecule has 0 spiro atoms. The molecule has 0 saturated heterocycles. The van der Waals surface area contributed by atoms with Gasteiger partial charge in [-0.25, -0.2) is 0 Å². The predicted molar refractivity (Wildman–Crippen MR) is 61.5 cm³/mol. The number of methoxy groups -OCH3 is 1. The van der Waals surface area contributed by atoms with Gasteiger partial charge in [-0.05, 0) is 12.1 Å². The van der Waals surface area contributed by atoms with E-state index >= 15 is 0 Å². The topological polar surface area (TPSA) is 38.8 Å². The second-order valence-electron chi connectivity index (χ2n) is 4.02. The third kappa shape index (κ3) is 3.10. The van der Waals surface area contributed by atoms with Gasteiger partial charge < -0.3 is 14.4 Å². The first kappa shape index (κ1) is 13.5. The second kappa shape index (κ2) is 4.99. The standard InChI is InChI=1S/C12H12F3NO3/c1-18-8-2-3-9-10(6-8)19-5-4-16(9)11(17)7-12(13,14)15/h2-3,6H,4-5,7H2,1H3. The van der Waals surface area contributed by atoms with E-state index in [1.165, 1.54) is 13.2 Å². The third-order valence-electron chi connectivity index (χ3n) is 2.68. The summed E-state index contributed by atoms with van der Waals surface area (Å²) in [7, 11) is 1.47. The summed E-state index contributed by atoms with van der Waals surface area (Å²) in [5.41, 5.74) is 0.335. The van der Waals surface area contributed by atoms with E-state index in [2.05, 4.69) is 0 Å². The van der Waals surface area contributed by atoms with Gasteiger partial charge in [-0.3, -0.25) is 4.79 Å². The number of carbonyl (C=O) groups excluding carboxylic acids is 1. The van der Waals surface area contributed by atoms with Crippen LogP contribution in [0.1, 0.15) is 6.42 Å². The Kier molecular flexibility index (Phi) is 3.55. The van der Waals surface area contributed by atoms with Gasteiger partial charge in [-0.2, -0.15) is 13.2 Å². The van der Waals surface area contributed by atoms with Crippen molar-refractivity contribution in [1.29, 1.82) is 0 Å². The average Bonchev–Trinajstić information content (AvgIpc) is 2.35. The van der Waals surface area contributed by atoms with Gasteiger partial charge in [0.05, 0.1) is 19.3 Å². The Morgan fingerprint density at radius 1 is 1.47 bits per heavy atom. The van der Waals surface area contributed by atoms with Crippen LogP contribution < -0.4 is 14.4 Å². The molecular formula is C12H12F3NO3. The van der Waals surface area contributed by atoms with Crippen LogP contribution >= 0.6 is 0 Å². The van der Waals surface area contributed by atoms with E-state index < -0.39 is 18.5 Å². The molecule has 19 heavy (non-hydrogen) atoms. The summed E-state index contributed by atoms with van der Waals surface area (Å²) in [6.07, 6.45) is -5.99. The fraction of sp³-hybridized carbons (Fsp3) is 0.417. The highest BCUT2D eigenvalue weighted by Gasteiger charge is 2.35. The van der Waals surface area contributed by atoms with Crippen molar-refractivity contribution in [2.24, 2.45) is 0 Å². The average molecular weight is 275 g/mol. The SMILES string of the molecule is COc1ccc2c(c1)OCCN2C(=O)CC(F)(F)F. The summed E-state index contributed by atoms with van der Waals surface area (Å²) in [6.45, 7) is 0.262. The first-order valence-corrected chi connectivity index (χ1v) is 5.58. The smallest absolute Gasteiger partial charge is 0.397 e. The van der Waals surface area contributed by atoms with Gasteiger partial charge in [-0.1, -0.05) is 0 Å². The fourth-order valence-corrected chi connectivity index (χ4v) is 1.85. The summed E-state index contributed by atoms with van der Waals surface area (Å²) in [4.78, 5) is 12.7. The molecule has 0 aliphatic carbocycles. The van der Waals surface area contributed by atoms with E-state index in [1.54, 1.807) is 12.1 Å². The normalized spacial score (nSPS) is 14.6. The summed E-state index contributed by atoms with van der Waals surface area (Å²) in [5, 5.41) is 0. The van der Waals surface area contributed by atoms with Crippen LogP contribution in [0.2, 0.25) is 0 Å². The number of ether oxygens (including phenoxy) is 2. The molecule has 1 aliphatic heterocycles. The number of halogens is 3. The first-order valence-electron chi connectivity index (χ1n) is 5.58. The number of alkyl halides is 3. The monoisotopic (exact) mass is 275 g/mol. The minimum absolute atomic E-state index is 0.105. The molecule has 0 N–H and O–H groups in total. The molecule has 0 aromatic heterocycles. The van der Waals surface area contributed by atoms with Crippen LogP contribution in [0, 0.1) is 0 Å². The Morgan fingerprint density at radius 3 is 2.84 bits per heavy atom. The Labute approximate surface area is 107 Å². The molecule has 0 bridgehead atoms. The molecule has 1 aromatic rings. The van der Waals surface area contributed by atoms with E-state index in [1.807, 2.05) is 0 Å². The van der Waals surface area contributed by atoms with E-state index in [0.29, 0.717) is 17.2 Å². The lowest BCUT2D eigenvalue weighted by molar-refractivity contribution is -0.152. The van der Waals surface area contributed by atoms with Gasteiger partial charge in [-0.15, -0.1) is 0 Å². The largest absolute Gasteiger partial charge is 0.497 e. The molecule has 104 valence electrons. The lowest BCUT2D eigenvalue weighted by Crippen LogP contribution is -2.39. The van der Waals surface area contributed by atoms with Crippen LogP contribution in [-0.4, -0.2) is 32.3 Å². The van der Waals surface area contributed by atoms with Crippen LogP contribution in [0.4, 0.5) is 18.9 Å². The van der Waals surface area contributed by atoms with E-state index in [-0.39, 0.29) is 13.2 Å². The predicted octanol–water partition coefficient (Wildman–Crippen LogP) is 2.37. The van der Waals surface area contributed by atoms with Crippen molar-refractivity contribution in [3.63, 3.8) is 0 Å². The number of amides is 1. The maximum atomic E-state index is 12.3. The summed E-state index contributed by atoms with van der Waals surface area (Å²) in [5.74, 6) is -0.118. The van der Waals surface area contributed by atoms with E-state index in [4.69, 9.17) is 9.47 Å². The van der Waals surface area contributed by atoms with Gasteiger partial charge in [0.15, 0.2) is 0 Å². The Bertz CT molecular complexity index is 488. The van der Waals surface area contributed by atoms with Crippen LogP contribution in [-0.2, 0) is 4.79 Å². The molecule has 1 amide bonds.